The summed E-state index contributed by atoms with van der Waals surface area (Å²) in [6.45, 7) is 0. The van der Waals surface area contributed by atoms with Gasteiger partial charge in [-0.25, -0.2) is 8.42 Å². The lowest BCUT2D eigenvalue weighted by Crippen LogP contribution is -2.07. The zero-order valence-electron chi connectivity index (χ0n) is 12.2. The van der Waals surface area contributed by atoms with Gasteiger partial charge in [0.05, 0.1) is 15.4 Å². The first kappa shape index (κ1) is 17.3. The van der Waals surface area contributed by atoms with Crippen molar-refractivity contribution in [2.45, 2.75) is 9.79 Å². The number of nitrogens with zero attached hydrogens (tertiary/aromatic N) is 3. The van der Waals surface area contributed by atoms with E-state index in [-0.39, 0.29) is 21.2 Å². The number of carbonyl (C=O) groups excluding carboxylic acids is 1. The molecule has 2 heterocycles. The van der Waals surface area contributed by atoms with Gasteiger partial charge in [0.15, 0.2) is 11.5 Å². The Balaban J connectivity index is 1.99. The summed E-state index contributed by atoms with van der Waals surface area (Å²) >= 11 is 6.83. The van der Waals surface area contributed by atoms with Gasteiger partial charge in [0.2, 0.25) is 15.7 Å². The third kappa shape index (κ3) is 3.45. The molecular weight excluding hydrogens is 388 g/mol. The van der Waals surface area contributed by atoms with E-state index in [1.165, 1.54) is 35.0 Å². The second-order valence-corrected chi connectivity index (χ2v) is 7.83. The molecule has 1 aromatic carbocycles. The number of hydrogen-bond donors (Lipinski definition) is 2. The first-order chi connectivity index (χ1) is 11.9. The van der Waals surface area contributed by atoms with Crippen molar-refractivity contribution in [3.05, 3.63) is 57.5 Å². The first-order valence-corrected chi connectivity index (χ1v) is 9.45. The number of aliphatic hydroxyl groups excluding tert-OH is 1. The number of halogens is 1. The molecule has 0 spiro atoms. The molecule has 11 heteroatoms. The number of sulfone groups is 1. The van der Waals surface area contributed by atoms with E-state index >= 15 is 0 Å². The fourth-order valence-corrected chi connectivity index (χ4v) is 4.72. The predicted octanol–water partition coefficient (Wildman–Crippen LogP) is 2.53. The van der Waals surface area contributed by atoms with E-state index < -0.39 is 21.4 Å². The maximum Gasteiger partial charge on any atom is 0.239 e. The van der Waals surface area contributed by atoms with Crippen LogP contribution in [0.3, 0.4) is 0 Å². The van der Waals surface area contributed by atoms with E-state index in [1.54, 1.807) is 0 Å². The molecule has 128 valence electrons. The number of hydrogen-bond acceptors (Lipinski definition) is 8. The summed E-state index contributed by atoms with van der Waals surface area (Å²) in [5.74, 6) is -1.40. The lowest BCUT2D eigenvalue weighted by Gasteiger charge is -2.05. The van der Waals surface area contributed by atoms with Crippen LogP contribution < -0.4 is 0 Å². The van der Waals surface area contributed by atoms with Crippen molar-refractivity contribution in [3.8, 4) is 0 Å². The van der Waals surface area contributed by atoms with E-state index in [0.29, 0.717) is 5.02 Å². The van der Waals surface area contributed by atoms with Crippen LogP contribution in [-0.2, 0) is 9.84 Å². The molecule has 3 aromatic rings. The molecule has 0 saturated heterocycles. The normalized spacial score (nSPS) is 12.3. The number of carbonyl (C=O) groups is 1. The van der Waals surface area contributed by atoms with E-state index in [9.17, 15) is 18.3 Å². The number of aromatic nitrogens is 4. The van der Waals surface area contributed by atoms with Gasteiger partial charge in [-0.2, -0.15) is 16.6 Å². The van der Waals surface area contributed by atoms with Crippen LogP contribution >= 0.6 is 22.9 Å². The standard InChI is InChI=1S/C14H9ClN4O4S2/c15-8-1-3-9(4-2-8)25(22,23)13-7-24-6-10(13)11(20)5-12(21)14-16-18-19-17-14/h1-7,21H,(H,16,17,18,19). The molecule has 0 fully saturated rings. The fraction of sp³-hybridized carbons (Fsp3) is 0. The lowest BCUT2D eigenvalue weighted by atomic mass is 10.2. The zero-order valence-corrected chi connectivity index (χ0v) is 14.6. The quantitative estimate of drug-likeness (QED) is 0.385. The highest BCUT2D eigenvalue weighted by molar-refractivity contribution is 7.91. The number of rotatable bonds is 5. The highest BCUT2D eigenvalue weighted by Gasteiger charge is 2.25. The van der Waals surface area contributed by atoms with Crippen LogP contribution in [0.25, 0.3) is 5.76 Å². The largest absolute Gasteiger partial charge is 0.504 e. The molecule has 0 aliphatic heterocycles. The third-order valence-electron chi connectivity index (χ3n) is 3.15. The smallest absolute Gasteiger partial charge is 0.239 e. The molecule has 0 amide bonds. The molecule has 0 aliphatic carbocycles. The molecule has 0 saturated carbocycles. The highest BCUT2D eigenvalue weighted by atomic mass is 35.5. The Labute approximate surface area is 150 Å². The topological polar surface area (TPSA) is 126 Å². The summed E-state index contributed by atoms with van der Waals surface area (Å²) in [5, 5.41) is 25.4. The van der Waals surface area contributed by atoms with Gasteiger partial charge < -0.3 is 5.11 Å². The van der Waals surface area contributed by atoms with E-state index in [0.717, 1.165) is 17.4 Å². The first-order valence-electron chi connectivity index (χ1n) is 6.65. The Kier molecular flexibility index (Phi) is 4.66. The maximum atomic E-state index is 12.7. The van der Waals surface area contributed by atoms with Crippen molar-refractivity contribution in [2.24, 2.45) is 0 Å². The molecule has 25 heavy (non-hydrogen) atoms. The summed E-state index contributed by atoms with van der Waals surface area (Å²) in [5.41, 5.74) is -0.0602. The van der Waals surface area contributed by atoms with Crippen LogP contribution in [0.5, 0.6) is 0 Å². The SMILES string of the molecule is O=C(C=C(O)c1nn[nH]n1)c1cscc1S(=O)(=O)c1ccc(Cl)cc1. The average Bonchev–Trinajstić information content (AvgIpc) is 3.27. The Hall–Kier alpha value is -2.56. The number of H-pyrrole nitrogens is 1. The van der Waals surface area contributed by atoms with Crippen LogP contribution in [0.15, 0.2) is 50.9 Å². The van der Waals surface area contributed by atoms with E-state index in [4.69, 9.17) is 11.6 Å². The summed E-state index contributed by atoms with van der Waals surface area (Å²) in [4.78, 5) is 12.2. The van der Waals surface area contributed by atoms with Crippen molar-refractivity contribution in [1.82, 2.24) is 20.6 Å². The zero-order chi connectivity index (χ0) is 18.0. The van der Waals surface area contributed by atoms with Gasteiger partial charge in [-0.15, -0.1) is 10.2 Å². The van der Waals surface area contributed by atoms with Crippen molar-refractivity contribution < 1.29 is 18.3 Å². The number of aromatic amines is 1. The summed E-state index contributed by atoms with van der Waals surface area (Å²) < 4.78 is 25.5. The molecule has 0 unspecified atom stereocenters. The number of ketones is 1. The number of allylic oxidation sites excluding steroid dienone is 1. The van der Waals surface area contributed by atoms with Gasteiger partial charge >= 0.3 is 0 Å². The van der Waals surface area contributed by atoms with E-state index in [1.807, 2.05) is 0 Å². The minimum Gasteiger partial charge on any atom is -0.504 e. The lowest BCUT2D eigenvalue weighted by molar-refractivity contribution is 0.104. The molecule has 2 aromatic heterocycles. The van der Waals surface area contributed by atoms with Gasteiger partial charge in [0.1, 0.15) is 0 Å². The monoisotopic (exact) mass is 396 g/mol. The Bertz CT molecular complexity index is 1040. The minimum atomic E-state index is -3.91. The molecule has 8 nitrogen and oxygen atoms in total. The second-order valence-electron chi connectivity index (χ2n) is 4.74. The Morgan fingerprint density at radius 2 is 1.96 bits per heavy atom. The number of thiophene rings is 1. The number of tetrazole rings is 1. The van der Waals surface area contributed by atoms with Crippen molar-refractivity contribution in [1.29, 1.82) is 0 Å². The summed E-state index contributed by atoms with van der Waals surface area (Å²) in [6, 6.07) is 5.61. The van der Waals surface area contributed by atoms with Crippen LogP contribution in [-0.4, -0.2) is 39.9 Å². The van der Waals surface area contributed by atoms with Crippen molar-refractivity contribution >= 4 is 44.3 Å². The van der Waals surface area contributed by atoms with Crippen molar-refractivity contribution in [3.63, 3.8) is 0 Å². The molecule has 3 rings (SSSR count). The van der Waals surface area contributed by atoms with E-state index in [2.05, 4.69) is 20.6 Å². The van der Waals surface area contributed by atoms with Crippen LogP contribution in [0.2, 0.25) is 5.02 Å². The van der Waals surface area contributed by atoms with Gasteiger partial charge in [-0.3, -0.25) is 4.79 Å². The molecule has 0 atom stereocenters. The number of benzene rings is 1. The molecule has 0 aliphatic rings. The van der Waals surface area contributed by atoms with Crippen LogP contribution in [0.1, 0.15) is 16.2 Å². The third-order valence-corrected chi connectivity index (χ3v) is 6.10. The summed E-state index contributed by atoms with van der Waals surface area (Å²) in [6.07, 6.45) is 0.841. The van der Waals surface area contributed by atoms with Crippen molar-refractivity contribution in [2.75, 3.05) is 0 Å². The number of nitrogens with one attached hydrogen (secondary N) is 1. The molecule has 0 bridgehead atoms. The van der Waals surface area contributed by atoms with Gasteiger partial charge in [-0.1, -0.05) is 11.6 Å². The highest BCUT2D eigenvalue weighted by Crippen LogP contribution is 2.29. The Morgan fingerprint density at radius 3 is 2.60 bits per heavy atom. The van der Waals surface area contributed by atoms with Gasteiger partial charge in [0, 0.05) is 21.9 Å². The average molecular weight is 397 g/mol. The Morgan fingerprint density at radius 1 is 1.24 bits per heavy atom. The van der Waals surface area contributed by atoms with Gasteiger partial charge in [0.25, 0.3) is 0 Å². The molecular formula is C14H9ClN4O4S2. The second kappa shape index (κ2) is 6.75. The predicted molar refractivity (Wildman–Crippen MR) is 90.3 cm³/mol. The van der Waals surface area contributed by atoms with Crippen LogP contribution in [0, 0.1) is 0 Å². The van der Waals surface area contributed by atoms with Crippen LogP contribution in [0.4, 0.5) is 0 Å². The summed E-state index contributed by atoms with van der Waals surface area (Å²) in [7, 11) is -3.91. The van der Waals surface area contributed by atoms with Gasteiger partial charge in [-0.05, 0) is 29.5 Å². The minimum absolute atomic E-state index is 0.00993. The number of aliphatic hydroxyl groups is 1. The maximum absolute atomic E-state index is 12.7. The molecule has 2 N–H and O–H groups in total. The fourth-order valence-electron chi connectivity index (χ4n) is 1.95. The molecule has 0 radical (unpaired) electrons.